The van der Waals surface area contributed by atoms with Gasteiger partial charge in [0.2, 0.25) is 0 Å². The number of benzene rings is 1. The van der Waals surface area contributed by atoms with Crippen LogP contribution < -0.4 is 10.6 Å². The lowest BCUT2D eigenvalue weighted by atomic mass is 10.1. The standard InChI is InChI=1S/C20H36N4O2S/c1-6-21-20(23-17(4)14-15-27(5,25)26)22-16-19(24(7-2)8-3)18-12-10-9-11-13-18/h9-13,17,19H,6-8,14-16H2,1-5H3,(H2,21,22,23). The van der Waals surface area contributed by atoms with Gasteiger partial charge in [0.15, 0.2) is 5.96 Å². The van der Waals surface area contributed by atoms with Crippen LogP contribution in [0.25, 0.3) is 0 Å². The van der Waals surface area contributed by atoms with Gasteiger partial charge in [-0.25, -0.2) is 8.42 Å². The van der Waals surface area contributed by atoms with E-state index in [0.29, 0.717) is 13.0 Å². The quantitative estimate of drug-likeness (QED) is 0.444. The van der Waals surface area contributed by atoms with Crippen molar-refractivity contribution in [2.75, 3.05) is 38.2 Å². The summed E-state index contributed by atoms with van der Waals surface area (Å²) in [6, 6.07) is 10.7. The maximum atomic E-state index is 11.4. The van der Waals surface area contributed by atoms with Crippen molar-refractivity contribution in [1.82, 2.24) is 15.5 Å². The van der Waals surface area contributed by atoms with Gasteiger partial charge in [-0.05, 0) is 38.9 Å². The molecule has 6 nitrogen and oxygen atoms in total. The highest BCUT2D eigenvalue weighted by atomic mass is 32.2. The topological polar surface area (TPSA) is 73.8 Å². The van der Waals surface area contributed by atoms with E-state index in [1.165, 1.54) is 11.8 Å². The van der Waals surface area contributed by atoms with Crippen LogP contribution in [-0.2, 0) is 9.84 Å². The molecule has 0 aliphatic carbocycles. The molecule has 0 saturated heterocycles. The highest BCUT2D eigenvalue weighted by molar-refractivity contribution is 7.90. The van der Waals surface area contributed by atoms with Crippen LogP contribution in [0, 0.1) is 0 Å². The molecule has 0 heterocycles. The summed E-state index contributed by atoms with van der Waals surface area (Å²) in [6.45, 7) is 11.7. The Morgan fingerprint density at radius 1 is 1.15 bits per heavy atom. The lowest BCUT2D eigenvalue weighted by molar-refractivity contribution is 0.224. The Morgan fingerprint density at radius 3 is 2.30 bits per heavy atom. The van der Waals surface area contributed by atoms with Crippen LogP contribution in [0.1, 0.15) is 45.7 Å². The first-order chi connectivity index (χ1) is 12.8. The van der Waals surface area contributed by atoms with Crippen LogP contribution in [0.15, 0.2) is 35.3 Å². The molecule has 1 aromatic rings. The molecule has 27 heavy (non-hydrogen) atoms. The summed E-state index contributed by atoms with van der Waals surface area (Å²) in [7, 11) is -2.95. The zero-order valence-corrected chi connectivity index (χ0v) is 18.2. The van der Waals surface area contributed by atoms with E-state index >= 15 is 0 Å². The van der Waals surface area contributed by atoms with E-state index in [1.807, 2.05) is 19.9 Å². The summed E-state index contributed by atoms with van der Waals surface area (Å²) in [5.41, 5.74) is 1.26. The van der Waals surface area contributed by atoms with E-state index in [2.05, 4.69) is 53.6 Å². The molecule has 1 rings (SSSR count). The molecule has 0 aromatic heterocycles. The SMILES string of the molecule is CCNC(=NCC(c1ccccc1)N(CC)CC)NC(C)CCS(C)(=O)=O. The Kier molecular flexibility index (Phi) is 10.4. The van der Waals surface area contributed by atoms with Crippen LogP contribution in [0.4, 0.5) is 0 Å². The summed E-state index contributed by atoms with van der Waals surface area (Å²) in [5, 5.41) is 6.59. The Balaban J connectivity index is 2.87. The van der Waals surface area contributed by atoms with Gasteiger partial charge in [-0.15, -0.1) is 0 Å². The number of nitrogens with zero attached hydrogens (tertiary/aromatic N) is 2. The molecular formula is C20H36N4O2S. The Hall–Kier alpha value is -1.60. The van der Waals surface area contributed by atoms with E-state index in [1.54, 1.807) is 0 Å². The number of nitrogens with one attached hydrogen (secondary N) is 2. The number of sulfone groups is 1. The molecule has 1 aromatic carbocycles. The minimum absolute atomic E-state index is 0.0288. The fourth-order valence-corrected chi connectivity index (χ4v) is 3.75. The summed E-state index contributed by atoms with van der Waals surface area (Å²) in [6.07, 6.45) is 1.83. The maximum absolute atomic E-state index is 11.4. The fourth-order valence-electron chi connectivity index (χ4n) is 2.97. The molecule has 7 heteroatoms. The number of rotatable bonds is 11. The zero-order chi connectivity index (χ0) is 20.3. The fraction of sp³-hybridized carbons (Fsp3) is 0.650. The molecule has 2 unspecified atom stereocenters. The predicted octanol–water partition coefficient (Wildman–Crippen LogP) is 2.45. The molecular weight excluding hydrogens is 360 g/mol. The molecule has 0 aliphatic rings. The average molecular weight is 397 g/mol. The van der Waals surface area contributed by atoms with Crippen LogP contribution in [0.2, 0.25) is 0 Å². The molecule has 2 atom stereocenters. The molecule has 0 bridgehead atoms. The van der Waals surface area contributed by atoms with E-state index in [0.717, 1.165) is 25.6 Å². The highest BCUT2D eigenvalue weighted by Crippen LogP contribution is 2.20. The predicted molar refractivity (Wildman–Crippen MR) is 115 cm³/mol. The van der Waals surface area contributed by atoms with Crippen molar-refractivity contribution in [3.8, 4) is 0 Å². The van der Waals surface area contributed by atoms with Gasteiger partial charge in [0.05, 0.1) is 18.3 Å². The Morgan fingerprint density at radius 2 is 1.78 bits per heavy atom. The number of guanidine groups is 1. The van der Waals surface area contributed by atoms with Gasteiger partial charge in [-0.1, -0.05) is 44.2 Å². The average Bonchev–Trinajstić information content (AvgIpc) is 2.63. The largest absolute Gasteiger partial charge is 0.357 e. The minimum atomic E-state index is -2.95. The van der Waals surface area contributed by atoms with Gasteiger partial charge in [0.1, 0.15) is 9.84 Å². The summed E-state index contributed by atoms with van der Waals surface area (Å²) >= 11 is 0. The van der Waals surface area contributed by atoms with Gasteiger partial charge in [-0.2, -0.15) is 0 Å². The van der Waals surface area contributed by atoms with Crippen LogP contribution in [-0.4, -0.2) is 63.5 Å². The molecule has 0 spiro atoms. The minimum Gasteiger partial charge on any atom is -0.357 e. The van der Waals surface area contributed by atoms with Gasteiger partial charge in [-0.3, -0.25) is 9.89 Å². The van der Waals surface area contributed by atoms with Crippen molar-refractivity contribution in [2.45, 2.75) is 46.2 Å². The van der Waals surface area contributed by atoms with Crippen molar-refractivity contribution >= 4 is 15.8 Å². The molecule has 0 saturated carbocycles. The van der Waals surface area contributed by atoms with Gasteiger partial charge in [0.25, 0.3) is 0 Å². The lowest BCUT2D eigenvalue weighted by Crippen LogP contribution is -2.43. The second kappa shape index (κ2) is 12.0. The van der Waals surface area contributed by atoms with Crippen molar-refractivity contribution in [3.63, 3.8) is 0 Å². The van der Waals surface area contributed by atoms with Gasteiger partial charge >= 0.3 is 0 Å². The highest BCUT2D eigenvalue weighted by Gasteiger charge is 2.18. The van der Waals surface area contributed by atoms with E-state index in [9.17, 15) is 8.42 Å². The molecule has 154 valence electrons. The van der Waals surface area contributed by atoms with Crippen LogP contribution in [0.3, 0.4) is 0 Å². The number of aliphatic imine (C=N–C) groups is 1. The molecule has 2 N–H and O–H groups in total. The molecule has 0 fully saturated rings. The molecule has 0 radical (unpaired) electrons. The lowest BCUT2D eigenvalue weighted by Gasteiger charge is -2.29. The molecule has 0 aliphatic heterocycles. The summed E-state index contributed by atoms with van der Waals surface area (Å²) in [4.78, 5) is 7.19. The first-order valence-corrected chi connectivity index (χ1v) is 11.9. The van der Waals surface area contributed by atoms with Crippen molar-refractivity contribution in [1.29, 1.82) is 0 Å². The van der Waals surface area contributed by atoms with E-state index in [-0.39, 0.29) is 17.8 Å². The van der Waals surface area contributed by atoms with Gasteiger partial charge in [0, 0.05) is 18.8 Å². The van der Waals surface area contributed by atoms with Crippen LogP contribution >= 0.6 is 0 Å². The van der Waals surface area contributed by atoms with Crippen molar-refractivity contribution < 1.29 is 8.42 Å². The Bertz CT molecular complexity index is 658. The zero-order valence-electron chi connectivity index (χ0n) is 17.4. The monoisotopic (exact) mass is 396 g/mol. The van der Waals surface area contributed by atoms with E-state index in [4.69, 9.17) is 4.99 Å². The number of hydrogen-bond donors (Lipinski definition) is 2. The van der Waals surface area contributed by atoms with E-state index < -0.39 is 9.84 Å². The van der Waals surface area contributed by atoms with Crippen LogP contribution in [0.5, 0.6) is 0 Å². The van der Waals surface area contributed by atoms with Crippen molar-refractivity contribution in [2.24, 2.45) is 4.99 Å². The summed E-state index contributed by atoms with van der Waals surface area (Å²) in [5.74, 6) is 0.902. The number of hydrogen-bond acceptors (Lipinski definition) is 4. The van der Waals surface area contributed by atoms with Gasteiger partial charge < -0.3 is 10.6 Å². The smallest absolute Gasteiger partial charge is 0.191 e. The maximum Gasteiger partial charge on any atom is 0.191 e. The first-order valence-electron chi connectivity index (χ1n) is 9.82. The van der Waals surface area contributed by atoms with Crippen molar-refractivity contribution in [3.05, 3.63) is 35.9 Å². The third-order valence-corrected chi connectivity index (χ3v) is 5.49. The Labute approximate surface area is 165 Å². The first kappa shape index (κ1) is 23.4. The number of likely N-dealkylation sites (N-methyl/N-ethyl adjacent to an activating group) is 1. The second-order valence-corrected chi connectivity index (χ2v) is 9.09. The third-order valence-electron chi connectivity index (χ3n) is 4.51. The normalized spacial score (nSPS) is 14.8. The molecule has 0 amide bonds. The second-order valence-electron chi connectivity index (χ2n) is 6.83. The summed E-state index contributed by atoms with van der Waals surface area (Å²) < 4.78 is 22.8. The third kappa shape index (κ3) is 9.24.